The first-order valence-electron chi connectivity index (χ1n) is 11.5. The van der Waals surface area contributed by atoms with Crippen molar-refractivity contribution in [1.82, 2.24) is 9.55 Å². The summed E-state index contributed by atoms with van der Waals surface area (Å²) in [5.41, 5.74) is 1.97. The number of hydrogen-bond donors (Lipinski definition) is 1. The third-order valence-corrected chi connectivity index (χ3v) is 6.30. The van der Waals surface area contributed by atoms with Gasteiger partial charge in [-0.15, -0.1) is 13.2 Å². The van der Waals surface area contributed by atoms with Gasteiger partial charge < -0.3 is 14.4 Å². The Kier molecular flexibility index (Phi) is 7.16. The van der Waals surface area contributed by atoms with Crippen LogP contribution in [-0.2, 0) is 11.3 Å². The van der Waals surface area contributed by atoms with E-state index in [4.69, 9.17) is 0 Å². The second-order valence-electron chi connectivity index (χ2n) is 8.75. The summed E-state index contributed by atoms with van der Waals surface area (Å²) in [5.74, 6) is -1.58. The van der Waals surface area contributed by atoms with Crippen molar-refractivity contribution in [2.75, 3.05) is 18.6 Å². The lowest BCUT2D eigenvalue weighted by Gasteiger charge is -2.18. The Balaban J connectivity index is 1.91. The number of halogens is 3. The van der Waals surface area contributed by atoms with Gasteiger partial charge in [-0.25, -0.2) is 4.98 Å². The number of ketones is 1. The van der Waals surface area contributed by atoms with Gasteiger partial charge in [-0.2, -0.15) is 0 Å². The molecule has 1 unspecified atom stereocenters. The number of fused-ring (bicyclic) bond motifs is 1. The van der Waals surface area contributed by atoms with Crippen molar-refractivity contribution in [3.8, 4) is 17.1 Å². The van der Waals surface area contributed by atoms with E-state index in [1.54, 1.807) is 10.6 Å². The first-order chi connectivity index (χ1) is 17.1. The molecular weight excluding hydrogens is 475 g/mol. The minimum Gasteiger partial charge on any atom is -0.405 e. The molecule has 7 nitrogen and oxygen atoms in total. The van der Waals surface area contributed by atoms with Crippen LogP contribution in [0.3, 0.4) is 0 Å². The summed E-state index contributed by atoms with van der Waals surface area (Å²) in [6.45, 7) is 1.94. The van der Waals surface area contributed by atoms with Crippen LogP contribution in [0.2, 0.25) is 0 Å². The molecule has 36 heavy (non-hydrogen) atoms. The molecule has 0 fully saturated rings. The van der Waals surface area contributed by atoms with Crippen molar-refractivity contribution in [3.63, 3.8) is 0 Å². The topological polar surface area (TPSA) is 84.7 Å². The van der Waals surface area contributed by atoms with Crippen LogP contribution in [0.4, 0.5) is 19.0 Å². The van der Waals surface area contributed by atoms with Crippen LogP contribution in [0, 0.1) is 12.8 Å². The number of rotatable bonds is 7. The number of benzene rings is 2. The maximum absolute atomic E-state index is 13.5. The highest BCUT2D eigenvalue weighted by molar-refractivity contribution is 6.09. The summed E-state index contributed by atoms with van der Waals surface area (Å²) in [6.07, 6.45) is -4.31. The van der Waals surface area contributed by atoms with Gasteiger partial charge in [0.05, 0.1) is 12.1 Å². The zero-order valence-electron chi connectivity index (χ0n) is 19.9. The highest BCUT2D eigenvalue weighted by Crippen LogP contribution is 2.39. The number of para-hydroxylation sites is 1. The average Bonchev–Trinajstić information content (AvgIpc) is 3.16. The number of nitrogens with zero attached hydrogens (tertiary/aromatic N) is 3. The van der Waals surface area contributed by atoms with Gasteiger partial charge in [0.2, 0.25) is 5.91 Å². The number of Topliss-reactive ketones (excluding diaryl/α,β-unsaturated/α-hetero) is 1. The molecule has 0 aliphatic carbocycles. The molecule has 0 bridgehead atoms. The largest absolute Gasteiger partial charge is 0.573 e. The van der Waals surface area contributed by atoms with Gasteiger partial charge in [-0.3, -0.25) is 14.5 Å². The van der Waals surface area contributed by atoms with Crippen LogP contribution < -0.4 is 9.64 Å². The number of hydrogen-bond acceptors (Lipinski definition) is 5. The molecule has 1 atom stereocenters. The zero-order chi connectivity index (χ0) is 26.0. The van der Waals surface area contributed by atoms with Gasteiger partial charge in [-0.05, 0) is 43.0 Å². The summed E-state index contributed by atoms with van der Waals surface area (Å²) in [5, 5.41) is 9.20. The Hall–Kier alpha value is -3.66. The van der Waals surface area contributed by atoms with E-state index in [9.17, 15) is 27.9 Å². The number of amides is 1. The normalized spacial score (nSPS) is 16.2. The van der Waals surface area contributed by atoms with E-state index in [0.717, 1.165) is 11.1 Å². The molecule has 0 spiro atoms. The molecule has 0 radical (unpaired) electrons. The molecule has 1 N–H and O–H groups in total. The number of imidazole rings is 1. The molecule has 0 saturated heterocycles. The van der Waals surface area contributed by atoms with E-state index >= 15 is 0 Å². The van der Waals surface area contributed by atoms with Crippen LogP contribution >= 0.6 is 0 Å². The Bertz CT molecular complexity index is 1290. The standard InChI is InChI=1S/C26H26F3N3O4/c1-16-8-3-4-9-18(16)15-32-22-20(34)14-17(10-7-13-33)25(35)31(2)24(22)30-23(32)19-11-5-6-12-21(19)36-26(27,28)29/h3-6,8-9,11-12,17,33H,7,10,13-15H2,1-2H3. The predicted molar refractivity (Wildman–Crippen MR) is 127 cm³/mol. The number of aromatic nitrogens is 2. The quantitative estimate of drug-likeness (QED) is 0.506. The minimum atomic E-state index is -4.93. The van der Waals surface area contributed by atoms with Crippen molar-refractivity contribution in [2.45, 2.75) is 39.1 Å². The molecule has 1 aliphatic rings. The van der Waals surface area contributed by atoms with E-state index < -0.39 is 18.0 Å². The van der Waals surface area contributed by atoms with Gasteiger partial charge in [-0.1, -0.05) is 36.4 Å². The lowest BCUT2D eigenvalue weighted by Crippen LogP contribution is -2.32. The lowest BCUT2D eigenvalue weighted by atomic mass is 9.96. The van der Waals surface area contributed by atoms with Crippen molar-refractivity contribution in [2.24, 2.45) is 5.92 Å². The number of aryl methyl sites for hydroxylation is 1. The number of aliphatic hydroxyl groups is 1. The number of ether oxygens (including phenoxy) is 1. The van der Waals surface area contributed by atoms with Gasteiger partial charge >= 0.3 is 6.36 Å². The summed E-state index contributed by atoms with van der Waals surface area (Å²) in [4.78, 5) is 32.5. The summed E-state index contributed by atoms with van der Waals surface area (Å²) in [7, 11) is 1.50. The second kappa shape index (κ2) is 10.1. The molecule has 2 heterocycles. The number of anilines is 1. The average molecular weight is 502 g/mol. The van der Waals surface area contributed by atoms with Crippen molar-refractivity contribution in [1.29, 1.82) is 0 Å². The highest BCUT2D eigenvalue weighted by atomic mass is 19.4. The highest BCUT2D eigenvalue weighted by Gasteiger charge is 2.38. The van der Waals surface area contributed by atoms with E-state index in [1.165, 1.54) is 30.1 Å². The summed E-state index contributed by atoms with van der Waals surface area (Å²) >= 11 is 0. The second-order valence-corrected chi connectivity index (χ2v) is 8.75. The molecule has 1 aliphatic heterocycles. The molecular formula is C26H26F3N3O4. The van der Waals surface area contributed by atoms with Crippen LogP contribution in [0.1, 0.15) is 40.9 Å². The van der Waals surface area contributed by atoms with Gasteiger partial charge in [0.1, 0.15) is 17.3 Å². The molecule has 1 aromatic heterocycles. The lowest BCUT2D eigenvalue weighted by molar-refractivity contribution is -0.274. The molecule has 2 aromatic carbocycles. The van der Waals surface area contributed by atoms with E-state index in [1.807, 2.05) is 31.2 Å². The minimum absolute atomic E-state index is 0.0435. The Morgan fingerprint density at radius 2 is 1.81 bits per heavy atom. The number of carbonyl (C=O) groups is 2. The van der Waals surface area contributed by atoms with Crippen LogP contribution in [0.25, 0.3) is 11.4 Å². The molecule has 10 heteroatoms. The third-order valence-electron chi connectivity index (χ3n) is 6.30. The molecule has 0 saturated carbocycles. The smallest absolute Gasteiger partial charge is 0.405 e. The Morgan fingerprint density at radius 1 is 1.11 bits per heavy atom. The predicted octanol–water partition coefficient (Wildman–Crippen LogP) is 4.74. The maximum atomic E-state index is 13.5. The number of aliphatic hydroxyl groups excluding tert-OH is 1. The van der Waals surface area contributed by atoms with Gasteiger partial charge in [0.15, 0.2) is 11.6 Å². The number of alkyl halides is 3. The molecule has 1 amide bonds. The maximum Gasteiger partial charge on any atom is 0.573 e. The van der Waals surface area contributed by atoms with E-state index in [0.29, 0.717) is 12.8 Å². The van der Waals surface area contributed by atoms with Crippen molar-refractivity contribution < 1.29 is 32.6 Å². The van der Waals surface area contributed by atoms with Gasteiger partial charge in [0.25, 0.3) is 0 Å². The zero-order valence-corrected chi connectivity index (χ0v) is 19.9. The molecule has 4 rings (SSSR count). The number of carbonyl (C=O) groups excluding carboxylic acids is 2. The van der Waals surface area contributed by atoms with Gasteiger partial charge in [0, 0.05) is 26.0 Å². The van der Waals surface area contributed by atoms with Crippen LogP contribution in [0.15, 0.2) is 48.5 Å². The summed E-state index contributed by atoms with van der Waals surface area (Å²) < 4.78 is 45.3. The Labute approximate surface area is 206 Å². The molecule has 3 aromatic rings. The fourth-order valence-corrected chi connectivity index (χ4v) is 4.48. The fraction of sp³-hybridized carbons (Fsp3) is 0.346. The summed E-state index contributed by atoms with van der Waals surface area (Å²) in [6, 6.07) is 13.0. The van der Waals surface area contributed by atoms with Crippen molar-refractivity contribution >= 4 is 17.5 Å². The fourth-order valence-electron chi connectivity index (χ4n) is 4.48. The monoisotopic (exact) mass is 501 g/mol. The van der Waals surface area contributed by atoms with E-state index in [-0.39, 0.29) is 54.2 Å². The molecule has 190 valence electrons. The van der Waals surface area contributed by atoms with Crippen LogP contribution in [0.5, 0.6) is 5.75 Å². The SMILES string of the molecule is Cc1ccccc1Cn1c(-c2ccccc2OC(F)(F)F)nc2c1C(=O)CC(CCCO)C(=O)N2C. The van der Waals surface area contributed by atoms with Crippen LogP contribution in [-0.4, -0.2) is 46.4 Å². The van der Waals surface area contributed by atoms with E-state index in [2.05, 4.69) is 9.72 Å². The Morgan fingerprint density at radius 3 is 2.50 bits per heavy atom. The first-order valence-corrected chi connectivity index (χ1v) is 11.5. The third kappa shape index (κ3) is 5.13. The van der Waals surface area contributed by atoms with Crippen molar-refractivity contribution in [3.05, 3.63) is 65.4 Å². The first kappa shape index (κ1) is 25.4.